The summed E-state index contributed by atoms with van der Waals surface area (Å²) in [4.78, 5) is 13.5. The van der Waals surface area contributed by atoms with Gasteiger partial charge in [0.1, 0.15) is 0 Å². The molecule has 4 nitrogen and oxygen atoms in total. The number of nitrogens with one attached hydrogen (secondary N) is 2. The van der Waals surface area contributed by atoms with Crippen molar-refractivity contribution in [1.82, 2.24) is 10.2 Å². The molecule has 0 aliphatic carbocycles. The van der Waals surface area contributed by atoms with Gasteiger partial charge >= 0.3 is 0 Å². The fraction of sp³-hybridized carbons (Fsp3) is 0.562. The molecule has 0 aromatic heterocycles. The number of piperidine rings is 1. The maximum atomic E-state index is 11.0. The average molecular weight is 275 g/mol. The van der Waals surface area contributed by atoms with Gasteiger partial charge in [0.2, 0.25) is 5.91 Å². The summed E-state index contributed by atoms with van der Waals surface area (Å²) in [6, 6.07) is 8.16. The molecule has 1 unspecified atom stereocenters. The van der Waals surface area contributed by atoms with E-state index < -0.39 is 0 Å². The Morgan fingerprint density at radius 3 is 2.75 bits per heavy atom. The molecule has 0 radical (unpaired) electrons. The third-order valence-corrected chi connectivity index (χ3v) is 3.78. The molecule has 2 N–H and O–H groups in total. The van der Waals surface area contributed by atoms with Crippen LogP contribution in [-0.4, -0.2) is 37.5 Å². The van der Waals surface area contributed by atoms with Gasteiger partial charge in [0.25, 0.3) is 0 Å². The number of benzene rings is 1. The lowest BCUT2D eigenvalue weighted by Gasteiger charge is -2.32. The summed E-state index contributed by atoms with van der Waals surface area (Å²) in [5, 5.41) is 6.08. The number of hydrogen-bond acceptors (Lipinski definition) is 3. The van der Waals surface area contributed by atoms with Gasteiger partial charge in [-0.3, -0.25) is 9.69 Å². The van der Waals surface area contributed by atoms with E-state index in [1.54, 1.807) is 0 Å². The largest absolute Gasteiger partial charge is 0.326 e. The molecule has 1 amide bonds. The van der Waals surface area contributed by atoms with Crippen molar-refractivity contribution in [3.63, 3.8) is 0 Å². The maximum Gasteiger partial charge on any atom is 0.221 e. The number of amides is 1. The number of anilines is 1. The molecule has 110 valence electrons. The first kappa shape index (κ1) is 15.0. The average Bonchev–Trinajstić information content (AvgIpc) is 2.41. The van der Waals surface area contributed by atoms with Crippen LogP contribution in [0, 0.1) is 5.92 Å². The van der Waals surface area contributed by atoms with Crippen LogP contribution >= 0.6 is 0 Å². The quantitative estimate of drug-likeness (QED) is 0.864. The maximum absolute atomic E-state index is 11.0. The molecule has 1 aliphatic heterocycles. The van der Waals surface area contributed by atoms with E-state index in [0.717, 1.165) is 24.7 Å². The Labute approximate surface area is 121 Å². The van der Waals surface area contributed by atoms with Crippen molar-refractivity contribution < 1.29 is 4.79 Å². The predicted octanol–water partition coefficient (Wildman–Crippen LogP) is 2.08. The molecule has 1 fully saturated rings. The van der Waals surface area contributed by atoms with E-state index >= 15 is 0 Å². The second-order valence-corrected chi connectivity index (χ2v) is 5.68. The second-order valence-electron chi connectivity index (χ2n) is 5.68. The Balaban J connectivity index is 1.87. The van der Waals surface area contributed by atoms with Gasteiger partial charge in [-0.2, -0.15) is 0 Å². The Kier molecular flexibility index (Phi) is 5.56. The van der Waals surface area contributed by atoms with Crippen molar-refractivity contribution in [3.05, 3.63) is 29.8 Å². The highest BCUT2D eigenvalue weighted by Crippen LogP contribution is 2.19. The monoisotopic (exact) mass is 275 g/mol. The second kappa shape index (κ2) is 7.41. The molecule has 1 heterocycles. The highest BCUT2D eigenvalue weighted by Gasteiger charge is 2.19. The van der Waals surface area contributed by atoms with Crippen molar-refractivity contribution in [2.45, 2.75) is 26.3 Å². The summed E-state index contributed by atoms with van der Waals surface area (Å²) < 4.78 is 0. The number of rotatable bonds is 5. The van der Waals surface area contributed by atoms with Gasteiger partial charge in [0.15, 0.2) is 0 Å². The summed E-state index contributed by atoms with van der Waals surface area (Å²) in [7, 11) is 2.03. The van der Waals surface area contributed by atoms with Crippen LogP contribution in [0.15, 0.2) is 24.3 Å². The summed E-state index contributed by atoms with van der Waals surface area (Å²) >= 11 is 0. The zero-order chi connectivity index (χ0) is 14.4. The van der Waals surface area contributed by atoms with Gasteiger partial charge in [-0.15, -0.1) is 0 Å². The smallest absolute Gasteiger partial charge is 0.221 e. The number of likely N-dealkylation sites (tertiary alicyclic amines) is 1. The summed E-state index contributed by atoms with van der Waals surface area (Å²) in [5.41, 5.74) is 2.18. The Morgan fingerprint density at radius 2 is 2.10 bits per heavy atom. The molecule has 20 heavy (non-hydrogen) atoms. The minimum atomic E-state index is -0.0244. The van der Waals surface area contributed by atoms with Crippen molar-refractivity contribution in [3.8, 4) is 0 Å². The first-order chi connectivity index (χ1) is 9.67. The van der Waals surface area contributed by atoms with E-state index in [2.05, 4.69) is 27.7 Å². The molecule has 1 aromatic rings. The van der Waals surface area contributed by atoms with Crippen molar-refractivity contribution in [2.24, 2.45) is 5.92 Å². The van der Waals surface area contributed by atoms with Crippen molar-refractivity contribution in [1.29, 1.82) is 0 Å². The van der Waals surface area contributed by atoms with Crippen LogP contribution in [0.5, 0.6) is 0 Å². The van der Waals surface area contributed by atoms with Crippen LogP contribution in [0.3, 0.4) is 0 Å². The first-order valence-corrected chi connectivity index (χ1v) is 7.41. The lowest BCUT2D eigenvalue weighted by molar-refractivity contribution is -0.114. The Morgan fingerprint density at radius 1 is 1.35 bits per heavy atom. The van der Waals surface area contributed by atoms with Crippen LogP contribution in [0.25, 0.3) is 0 Å². The van der Waals surface area contributed by atoms with E-state index in [4.69, 9.17) is 0 Å². The zero-order valence-electron chi connectivity index (χ0n) is 12.5. The number of carbonyl (C=O) groups is 1. The topological polar surface area (TPSA) is 44.4 Å². The molecular formula is C16H25N3O. The minimum Gasteiger partial charge on any atom is -0.326 e. The molecule has 2 rings (SSSR count). The first-order valence-electron chi connectivity index (χ1n) is 7.41. The molecule has 0 saturated carbocycles. The molecule has 0 spiro atoms. The van der Waals surface area contributed by atoms with E-state index in [-0.39, 0.29) is 5.91 Å². The molecular weight excluding hydrogens is 250 g/mol. The standard InChI is InChI=1S/C16H25N3O/c1-13(20)18-16-7-5-14(6-8-16)11-19-9-3-4-15(12-19)10-17-2/h5-8,15,17H,3-4,9-12H2,1-2H3,(H,18,20). The predicted molar refractivity (Wildman–Crippen MR) is 82.7 cm³/mol. The van der Waals surface area contributed by atoms with Crippen LogP contribution in [-0.2, 0) is 11.3 Å². The van der Waals surface area contributed by atoms with Gasteiger partial charge in [-0.1, -0.05) is 12.1 Å². The molecule has 1 aliphatic rings. The molecule has 1 atom stereocenters. The van der Waals surface area contributed by atoms with Crippen LogP contribution in [0.4, 0.5) is 5.69 Å². The van der Waals surface area contributed by atoms with Crippen LogP contribution in [0.1, 0.15) is 25.3 Å². The van der Waals surface area contributed by atoms with Crippen LogP contribution in [0.2, 0.25) is 0 Å². The summed E-state index contributed by atoms with van der Waals surface area (Å²) in [6.45, 7) is 6.00. The van der Waals surface area contributed by atoms with Crippen LogP contribution < -0.4 is 10.6 Å². The third-order valence-electron chi connectivity index (χ3n) is 3.78. The van der Waals surface area contributed by atoms with Gasteiger partial charge in [0.05, 0.1) is 0 Å². The normalized spacial score (nSPS) is 19.8. The van der Waals surface area contributed by atoms with Gasteiger partial charge < -0.3 is 10.6 Å². The highest BCUT2D eigenvalue weighted by molar-refractivity contribution is 5.88. The lowest BCUT2D eigenvalue weighted by Crippen LogP contribution is -2.38. The van der Waals surface area contributed by atoms with Gasteiger partial charge in [-0.25, -0.2) is 0 Å². The van der Waals surface area contributed by atoms with Crippen molar-refractivity contribution >= 4 is 11.6 Å². The Hall–Kier alpha value is -1.39. The van der Waals surface area contributed by atoms with Gasteiger partial charge in [-0.05, 0) is 56.6 Å². The SMILES string of the molecule is CNCC1CCCN(Cc2ccc(NC(C)=O)cc2)C1. The number of hydrogen-bond donors (Lipinski definition) is 2. The molecule has 1 saturated heterocycles. The van der Waals surface area contributed by atoms with E-state index in [1.165, 1.54) is 38.4 Å². The van der Waals surface area contributed by atoms with Gasteiger partial charge in [0, 0.05) is 25.7 Å². The molecule has 4 heteroatoms. The summed E-state index contributed by atoms with van der Waals surface area (Å²) in [6.07, 6.45) is 2.62. The summed E-state index contributed by atoms with van der Waals surface area (Å²) in [5.74, 6) is 0.746. The van der Waals surface area contributed by atoms with Crippen molar-refractivity contribution in [2.75, 3.05) is 32.0 Å². The third kappa shape index (κ3) is 4.62. The molecule has 1 aromatic carbocycles. The minimum absolute atomic E-state index is 0.0244. The van der Waals surface area contributed by atoms with E-state index in [9.17, 15) is 4.79 Å². The lowest BCUT2D eigenvalue weighted by atomic mass is 9.97. The number of nitrogens with zero attached hydrogens (tertiary/aromatic N) is 1. The Bertz CT molecular complexity index is 428. The zero-order valence-corrected chi connectivity index (χ0v) is 12.5. The fourth-order valence-corrected chi connectivity index (χ4v) is 2.91. The number of carbonyl (C=O) groups excluding carboxylic acids is 1. The van der Waals surface area contributed by atoms with E-state index in [0.29, 0.717) is 0 Å². The highest BCUT2D eigenvalue weighted by atomic mass is 16.1. The molecule has 0 bridgehead atoms. The fourth-order valence-electron chi connectivity index (χ4n) is 2.91. The van der Waals surface area contributed by atoms with E-state index in [1.807, 2.05) is 19.2 Å².